The highest BCUT2D eigenvalue weighted by Crippen LogP contribution is 2.43. The van der Waals surface area contributed by atoms with Gasteiger partial charge in [0.25, 0.3) is 5.56 Å². The normalized spacial score (nSPS) is 16.9. The van der Waals surface area contributed by atoms with E-state index in [9.17, 15) is 4.79 Å². The molecule has 6 rings (SSSR count). The van der Waals surface area contributed by atoms with E-state index >= 15 is 0 Å². The molecule has 3 aromatic carbocycles. The average molecular weight is 497 g/mol. The third-order valence-corrected chi connectivity index (χ3v) is 8.45. The molecule has 0 radical (unpaired) electrons. The number of thioether (sulfide) groups is 1. The van der Waals surface area contributed by atoms with E-state index in [-0.39, 0.29) is 11.6 Å². The number of fused-ring (bicyclic) bond motifs is 3. The van der Waals surface area contributed by atoms with Crippen LogP contribution in [-0.2, 0) is 6.42 Å². The molecule has 4 nitrogen and oxygen atoms in total. The second kappa shape index (κ2) is 9.02. The standard InChI is InChI=1S/C29H24N2O2S2/c1-33-24-10-6-5-9-22(24)27-23-16-13-19-7-3-4-8-21(19)26(23)30-29-31(27)28(32)25(35-29)17-18-11-14-20(34-2)15-12-18/h3-12,14-15,17,27H,13,16H2,1-2H3/b25-17-/t27-/m0/s1. The second-order valence-corrected chi connectivity index (χ2v) is 10.5. The number of hydrogen-bond acceptors (Lipinski definition) is 5. The molecule has 0 N–H and O–H groups in total. The Kier molecular flexibility index (Phi) is 5.71. The molecule has 174 valence electrons. The van der Waals surface area contributed by atoms with Gasteiger partial charge in [-0.15, -0.1) is 11.8 Å². The van der Waals surface area contributed by atoms with Gasteiger partial charge in [-0.05, 0) is 60.1 Å². The van der Waals surface area contributed by atoms with Gasteiger partial charge in [-0.25, -0.2) is 4.99 Å². The van der Waals surface area contributed by atoms with Crippen molar-refractivity contribution in [2.24, 2.45) is 4.99 Å². The van der Waals surface area contributed by atoms with Gasteiger partial charge in [-0.1, -0.05) is 65.9 Å². The van der Waals surface area contributed by atoms with Crippen LogP contribution in [0.2, 0.25) is 0 Å². The lowest BCUT2D eigenvalue weighted by Crippen LogP contribution is -2.38. The Balaban J connectivity index is 1.61. The number of nitrogens with zero attached hydrogens (tertiary/aromatic N) is 2. The van der Waals surface area contributed by atoms with Crippen molar-refractivity contribution >= 4 is 34.9 Å². The largest absolute Gasteiger partial charge is 0.496 e. The molecule has 1 aliphatic carbocycles. The van der Waals surface area contributed by atoms with Crippen molar-refractivity contribution in [3.8, 4) is 5.75 Å². The van der Waals surface area contributed by atoms with Gasteiger partial charge in [0.15, 0.2) is 4.80 Å². The average Bonchev–Trinajstić information content (AvgIpc) is 3.22. The van der Waals surface area contributed by atoms with Crippen molar-refractivity contribution in [2.75, 3.05) is 13.4 Å². The highest BCUT2D eigenvalue weighted by Gasteiger charge is 2.33. The molecule has 0 spiro atoms. The fourth-order valence-electron chi connectivity index (χ4n) is 5.04. The molecule has 35 heavy (non-hydrogen) atoms. The maximum absolute atomic E-state index is 13.9. The molecule has 2 aliphatic rings. The van der Waals surface area contributed by atoms with Crippen LogP contribution in [0.4, 0.5) is 0 Å². The van der Waals surface area contributed by atoms with Crippen LogP contribution in [0.5, 0.6) is 5.75 Å². The molecule has 4 aromatic rings. The number of para-hydroxylation sites is 1. The first-order chi connectivity index (χ1) is 17.2. The predicted molar refractivity (Wildman–Crippen MR) is 144 cm³/mol. The summed E-state index contributed by atoms with van der Waals surface area (Å²) in [5.74, 6) is 0.785. The first-order valence-electron chi connectivity index (χ1n) is 11.6. The van der Waals surface area contributed by atoms with E-state index < -0.39 is 0 Å². The number of hydrogen-bond donors (Lipinski definition) is 0. The van der Waals surface area contributed by atoms with Crippen molar-refractivity contribution in [2.45, 2.75) is 23.8 Å². The predicted octanol–water partition coefficient (Wildman–Crippen LogP) is 5.05. The van der Waals surface area contributed by atoms with Crippen LogP contribution in [0.25, 0.3) is 11.8 Å². The van der Waals surface area contributed by atoms with Crippen molar-refractivity contribution in [3.05, 3.63) is 120 Å². The molecule has 0 fully saturated rings. The minimum atomic E-state index is -0.244. The number of rotatable bonds is 4. The van der Waals surface area contributed by atoms with Crippen LogP contribution in [0, 0.1) is 0 Å². The highest BCUT2D eigenvalue weighted by molar-refractivity contribution is 7.98. The first kappa shape index (κ1) is 22.1. The molecule has 1 aromatic heterocycles. The molecule has 1 atom stereocenters. The topological polar surface area (TPSA) is 43.6 Å². The molecular weight excluding hydrogens is 472 g/mol. The van der Waals surface area contributed by atoms with Gasteiger partial charge in [0.2, 0.25) is 0 Å². The monoisotopic (exact) mass is 496 g/mol. The van der Waals surface area contributed by atoms with E-state index in [1.54, 1.807) is 18.9 Å². The van der Waals surface area contributed by atoms with E-state index in [0.717, 1.165) is 40.2 Å². The number of thiazole rings is 1. The van der Waals surface area contributed by atoms with Gasteiger partial charge in [-0.3, -0.25) is 9.36 Å². The molecular formula is C29H24N2O2S2. The number of allylic oxidation sites excluding steroid dienone is 1. The van der Waals surface area contributed by atoms with Gasteiger partial charge < -0.3 is 4.74 Å². The third-order valence-electron chi connectivity index (χ3n) is 6.72. The lowest BCUT2D eigenvalue weighted by molar-refractivity contribution is 0.402. The van der Waals surface area contributed by atoms with Crippen molar-refractivity contribution in [3.63, 3.8) is 0 Å². The fraction of sp³-hybridized carbons (Fsp3) is 0.172. The zero-order valence-corrected chi connectivity index (χ0v) is 21.2. The number of benzene rings is 3. The highest BCUT2D eigenvalue weighted by atomic mass is 32.2. The van der Waals surface area contributed by atoms with Gasteiger partial charge in [0.1, 0.15) is 5.75 Å². The Morgan fingerprint density at radius 2 is 1.80 bits per heavy atom. The van der Waals surface area contributed by atoms with Crippen LogP contribution < -0.4 is 19.6 Å². The third kappa shape index (κ3) is 3.77. The fourth-order valence-corrected chi connectivity index (χ4v) is 6.45. The number of ether oxygens (including phenoxy) is 1. The molecule has 0 saturated carbocycles. The summed E-state index contributed by atoms with van der Waals surface area (Å²) < 4.78 is 8.31. The molecule has 1 aliphatic heterocycles. The van der Waals surface area contributed by atoms with E-state index in [4.69, 9.17) is 9.73 Å². The Labute approximate surface area is 211 Å². The zero-order valence-electron chi connectivity index (χ0n) is 19.5. The second-order valence-electron chi connectivity index (χ2n) is 8.63. The summed E-state index contributed by atoms with van der Waals surface area (Å²) in [4.78, 5) is 20.9. The van der Waals surface area contributed by atoms with Crippen LogP contribution in [0.15, 0.2) is 93.1 Å². The number of methoxy groups -OCH3 is 1. The van der Waals surface area contributed by atoms with Crippen LogP contribution in [0.3, 0.4) is 0 Å². The summed E-state index contributed by atoms with van der Waals surface area (Å²) in [6.45, 7) is 0. The molecule has 0 amide bonds. The summed E-state index contributed by atoms with van der Waals surface area (Å²) in [6, 6.07) is 24.5. The van der Waals surface area contributed by atoms with Gasteiger partial charge in [-0.2, -0.15) is 0 Å². The van der Waals surface area contributed by atoms with Crippen LogP contribution in [-0.4, -0.2) is 17.9 Å². The molecule has 2 heterocycles. The smallest absolute Gasteiger partial charge is 0.271 e. The zero-order chi connectivity index (χ0) is 23.9. The molecule has 0 bridgehead atoms. The quantitative estimate of drug-likeness (QED) is 0.372. The first-order valence-corrected chi connectivity index (χ1v) is 13.6. The van der Waals surface area contributed by atoms with Crippen molar-refractivity contribution in [1.29, 1.82) is 0 Å². The maximum Gasteiger partial charge on any atom is 0.271 e. The van der Waals surface area contributed by atoms with E-state index in [0.29, 0.717) is 4.53 Å². The van der Waals surface area contributed by atoms with E-state index in [1.165, 1.54) is 32.9 Å². The SMILES string of the molecule is COc1ccccc1[C@H]1C2=C(N=c3s/c(=C\c4ccc(SC)cc4)c(=O)n31)c1ccccc1CC2. The van der Waals surface area contributed by atoms with Crippen molar-refractivity contribution in [1.82, 2.24) is 4.57 Å². The van der Waals surface area contributed by atoms with Gasteiger partial charge >= 0.3 is 0 Å². The summed E-state index contributed by atoms with van der Waals surface area (Å²) in [7, 11) is 1.69. The van der Waals surface area contributed by atoms with Crippen LogP contribution in [0.1, 0.15) is 34.7 Å². The number of aromatic nitrogens is 1. The molecule has 0 unspecified atom stereocenters. The summed E-state index contributed by atoms with van der Waals surface area (Å²) in [5, 5.41) is 0. The molecule has 0 saturated heterocycles. The van der Waals surface area contributed by atoms with Crippen molar-refractivity contribution < 1.29 is 4.74 Å². The lowest BCUT2D eigenvalue weighted by atomic mass is 9.83. The Bertz CT molecular complexity index is 1650. The Morgan fingerprint density at radius 1 is 1.03 bits per heavy atom. The summed E-state index contributed by atoms with van der Waals surface area (Å²) in [6.07, 6.45) is 5.83. The number of aryl methyl sites for hydroxylation is 1. The maximum atomic E-state index is 13.9. The molecule has 6 heteroatoms. The minimum Gasteiger partial charge on any atom is -0.496 e. The Morgan fingerprint density at radius 3 is 2.60 bits per heavy atom. The minimum absolute atomic E-state index is 0.0102. The summed E-state index contributed by atoms with van der Waals surface area (Å²) >= 11 is 3.16. The lowest BCUT2D eigenvalue weighted by Gasteiger charge is -2.31. The van der Waals surface area contributed by atoms with Crippen LogP contribution >= 0.6 is 23.1 Å². The van der Waals surface area contributed by atoms with Gasteiger partial charge in [0, 0.05) is 16.0 Å². The Hall–Kier alpha value is -3.35. The van der Waals surface area contributed by atoms with E-state index in [2.05, 4.69) is 60.9 Å². The van der Waals surface area contributed by atoms with E-state index in [1.807, 2.05) is 28.8 Å². The van der Waals surface area contributed by atoms with Gasteiger partial charge in [0.05, 0.1) is 23.4 Å². The summed E-state index contributed by atoms with van der Waals surface area (Å²) in [5.41, 5.74) is 6.64.